The standard InChI is InChI=1S/C17H23N3O/c1-3-15(17-5-7-19-14-16(17)4-1)13-18-6-2-8-20-9-11-21-12-10-20/h1,3-5,7,14,18H,2,6,8-13H2. The minimum atomic E-state index is 0.886. The SMILES string of the molecule is c1cc(CNCCCN2CCOCC2)c2ccncc2c1. The van der Waals surface area contributed by atoms with Crippen LogP contribution < -0.4 is 5.32 Å². The van der Waals surface area contributed by atoms with Gasteiger partial charge in [-0.15, -0.1) is 0 Å². The molecule has 1 aliphatic heterocycles. The van der Waals surface area contributed by atoms with Gasteiger partial charge in [-0.05, 0) is 36.5 Å². The minimum Gasteiger partial charge on any atom is -0.379 e. The topological polar surface area (TPSA) is 37.4 Å². The van der Waals surface area contributed by atoms with Crippen molar-refractivity contribution in [3.8, 4) is 0 Å². The third-order valence-electron chi connectivity index (χ3n) is 4.02. The van der Waals surface area contributed by atoms with Crippen LogP contribution in [-0.2, 0) is 11.3 Å². The molecular weight excluding hydrogens is 262 g/mol. The molecule has 0 aliphatic carbocycles. The average molecular weight is 285 g/mol. The average Bonchev–Trinajstić information content (AvgIpc) is 2.56. The fraction of sp³-hybridized carbons (Fsp3) is 0.471. The summed E-state index contributed by atoms with van der Waals surface area (Å²) in [5.41, 5.74) is 1.35. The molecule has 1 aromatic heterocycles. The van der Waals surface area contributed by atoms with Crippen molar-refractivity contribution in [3.05, 3.63) is 42.2 Å². The molecule has 112 valence electrons. The second-order valence-corrected chi connectivity index (χ2v) is 5.50. The number of pyridine rings is 1. The fourth-order valence-corrected chi connectivity index (χ4v) is 2.82. The molecule has 21 heavy (non-hydrogen) atoms. The molecule has 3 rings (SSSR count). The first-order valence-corrected chi connectivity index (χ1v) is 7.76. The number of nitrogens with zero attached hydrogens (tertiary/aromatic N) is 2. The first-order chi connectivity index (χ1) is 10.4. The fourth-order valence-electron chi connectivity index (χ4n) is 2.82. The molecular formula is C17H23N3O. The second kappa shape index (κ2) is 7.50. The lowest BCUT2D eigenvalue weighted by Gasteiger charge is -2.26. The lowest BCUT2D eigenvalue weighted by atomic mass is 10.1. The van der Waals surface area contributed by atoms with E-state index in [2.05, 4.69) is 39.5 Å². The molecule has 1 aliphatic rings. The highest BCUT2D eigenvalue weighted by molar-refractivity contribution is 5.84. The Morgan fingerprint density at radius 1 is 1.19 bits per heavy atom. The van der Waals surface area contributed by atoms with Crippen molar-refractivity contribution in [2.75, 3.05) is 39.4 Å². The van der Waals surface area contributed by atoms with Gasteiger partial charge in [0.2, 0.25) is 0 Å². The van der Waals surface area contributed by atoms with Gasteiger partial charge in [0.05, 0.1) is 13.2 Å². The van der Waals surface area contributed by atoms with Crippen molar-refractivity contribution in [1.82, 2.24) is 15.2 Å². The third kappa shape index (κ3) is 4.00. The van der Waals surface area contributed by atoms with E-state index in [1.54, 1.807) is 0 Å². The lowest BCUT2D eigenvalue weighted by molar-refractivity contribution is 0.0374. The summed E-state index contributed by atoms with van der Waals surface area (Å²) in [7, 11) is 0. The Labute approximate surface area is 126 Å². The molecule has 0 unspecified atom stereocenters. The van der Waals surface area contributed by atoms with Crippen molar-refractivity contribution < 1.29 is 4.74 Å². The molecule has 4 heteroatoms. The van der Waals surface area contributed by atoms with E-state index in [9.17, 15) is 0 Å². The summed E-state index contributed by atoms with van der Waals surface area (Å²) >= 11 is 0. The Morgan fingerprint density at radius 3 is 3.00 bits per heavy atom. The van der Waals surface area contributed by atoms with E-state index in [4.69, 9.17) is 4.74 Å². The molecule has 4 nitrogen and oxygen atoms in total. The highest BCUT2D eigenvalue weighted by atomic mass is 16.5. The molecule has 1 aromatic carbocycles. The Balaban J connectivity index is 1.44. The van der Waals surface area contributed by atoms with E-state index in [0.29, 0.717) is 0 Å². The number of aromatic nitrogens is 1. The van der Waals surface area contributed by atoms with Gasteiger partial charge in [-0.3, -0.25) is 9.88 Å². The molecule has 1 saturated heterocycles. The Morgan fingerprint density at radius 2 is 2.10 bits per heavy atom. The number of rotatable bonds is 6. The maximum absolute atomic E-state index is 5.36. The molecule has 1 fully saturated rings. The van der Waals surface area contributed by atoms with E-state index in [0.717, 1.165) is 45.9 Å². The van der Waals surface area contributed by atoms with Crippen molar-refractivity contribution in [1.29, 1.82) is 0 Å². The molecule has 0 bridgehead atoms. The molecule has 0 amide bonds. The summed E-state index contributed by atoms with van der Waals surface area (Å²) < 4.78 is 5.36. The van der Waals surface area contributed by atoms with Gasteiger partial charge in [0.1, 0.15) is 0 Å². The molecule has 2 heterocycles. The van der Waals surface area contributed by atoms with Gasteiger partial charge in [-0.1, -0.05) is 18.2 Å². The number of nitrogens with one attached hydrogen (secondary N) is 1. The number of hydrogen-bond donors (Lipinski definition) is 1. The molecule has 0 saturated carbocycles. The van der Waals surface area contributed by atoms with Crippen LogP contribution in [0.4, 0.5) is 0 Å². The largest absolute Gasteiger partial charge is 0.379 e. The van der Waals surface area contributed by atoms with E-state index in [-0.39, 0.29) is 0 Å². The monoisotopic (exact) mass is 285 g/mol. The van der Waals surface area contributed by atoms with Crippen LogP contribution >= 0.6 is 0 Å². The molecule has 2 aromatic rings. The van der Waals surface area contributed by atoms with Crippen molar-refractivity contribution in [2.24, 2.45) is 0 Å². The van der Waals surface area contributed by atoms with E-state index in [1.165, 1.54) is 22.8 Å². The smallest absolute Gasteiger partial charge is 0.0594 e. The summed E-state index contributed by atoms with van der Waals surface area (Å²) in [5, 5.41) is 6.07. The normalized spacial score (nSPS) is 16.4. The van der Waals surface area contributed by atoms with Crippen molar-refractivity contribution >= 4 is 10.8 Å². The number of benzene rings is 1. The summed E-state index contributed by atoms with van der Waals surface area (Å²) in [6.45, 7) is 7.07. The number of morpholine rings is 1. The van der Waals surface area contributed by atoms with Crippen LogP contribution in [0.25, 0.3) is 10.8 Å². The predicted octanol–water partition coefficient (Wildman–Crippen LogP) is 2.05. The summed E-state index contributed by atoms with van der Waals surface area (Å²) in [4.78, 5) is 6.66. The minimum absolute atomic E-state index is 0.886. The molecule has 1 N–H and O–H groups in total. The Hall–Kier alpha value is -1.49. The number of hydrogen-bond acceptors (Lipinski definition) is 4. The first-order valence-electron chi connectivity index (χ1n) is 7.76. The van der Waals surface area contributed by atoms with Gasteiger partial charge in [0, 0.05) is 37.4 Å². The van der Waals surface area contributed by atoms with E-state index < -0.39 is 0 Å². The van der Waals surface area contributed by atoms with Crippen molar-refractivity contribution in [2.45, 2.75) is 13.0 Å². The van der Waals surface area contributed by atoms with E-state index in [1.807, 2.05) is 12.4 Å². The quantitative estimate of drug-likeness (QED) is 0.824. The summed E-state index contributed by atoms with van der Waals surface area (Å²) in [5.74, 6) is 0. The van der Waals surface area contributed by atoms with Crippen LogP contribution in [0.15, 0.2) is 36.7 Å². The maximum Gasteiger partial charge on any atom is 0.0594 e. The van der Waals surface area contributed by atoms with E-state index >= 15 is 0 Å². The van der Waals surface area contributed by atoms with Crippen molar-refractivity contribution in [3.63, 3.8) is 0 Å². The lowest BCUT2D eigenvalue weighted by Crippen LogP contribution is -2.37. The van der Waals surface area contributed by atoms with Gasteiger partial charge >= 0.3 is 0 Å². The predicted molar refractivity (Wildman–Crippen MR) is 85.3 cm³/mol. The Kier molecular flexibility index (Phi) is 5.16. The summed E-state index contributed by atoms with van der Waals surface area (Å²) in [6, 6.07) is 8.51. The zero-order valence-electron chi connectivity index (χ0n) is 12.4. The highest BCUT2D eigenvalue weighted by Gasteiger charge is 2.08. The van der Waals surface area contributed by atoms with Crippen LogP contribution in [-0.4, -0.2) is 49.3 Å². The second-order valence-electron chi connectivity index (χ2n) is 5.50. The van der Waals surface area contributed by atoms with Gasteiger partial charge in [0.25, 0.3) is 0 Å². The van der Waals surface area contributed by atoms with Gasteiger partial charge in [-0.25, -0.2) is 0 Å². The zero-order valence-corrected chi connectivity index (χ0v) is 12.4. The van der Waals surface area contributed by atoms with Crippen LogP contribution in [0.2, 0.25) is 0 Å². The Bertz CT molecular complexity index is 561. The number of ether oxygens (including phenoxy) is 1. The third-order valence-corrected chi connectivity index (χ3v) is 4.02. The van der Waals surface area contributed by atoms with Crippen LogP contribution in [0.3, 0.4) is 0 Å². The van der Waals surface area contributed by atoms with Crippen LogP contribution in [0.1, 0.15) is 12.0 Å². The van der Waals surface area contributed by atoms with Crippen LogP contribution in [0, 0.1) is 0 Å². The molecule has 0 spiro atoms. The van der Waals surface area contributed by atoms with Gasteiger partial charge in [-0.2, -0.15) is 0 Å². The summed E-state index contributed by atoms with van der Waals surface area (Å²) in [6.07, 6.45) is 4.98. The first kappa shape index (κ1) is 14.4. The maximum atomic E-state index is 5.36. The van der Waals surface area contributed by atoms with Crippen LogP contribution in [0.5, 0.6) is 0 Å². The van der Waals surface area contributed by atoms with Gasteiger partial charge in [0.15, 0.2) is 0 Å². The molecule has 0 radical (unpaired) electrons. The highest BCUT2D eigenvalue weighted by Crippen LogP contribution is 2.17. The zero-order chi connectivity index (χ0) is 14.3. The molecule has 0 atom stereocenters. The van der Waals surface area contributed by atoms with Gasteiger partial charge < -0.3 is 10.1 Å². The number of fused-ring (bicyclic) bond motifs is 1.